The lowest BCUT2D eigenvalue weighted by molar-refractivity contribution is -0.142. The topological polar surface area (TPSA) is 29.1 Å². The summed E-state index contributed by atoms with van der Waals surface area (Å²) < 4.78 is 0. The van der Waals surface area contributed by atoms with Gasteiger partial charge in [0.05, 0.1) is 0 Å². The molecule has 0 radical (unpaired) electrons. The van der Waals surface area contributed by atoms with Crippen LogP contribution in [-0.4, -0.2) is 12.5 Å². The fraction of sp³-hybridized carbons (Fsp3) is 0.909. The Balaban J connectivity index is 2.29. The largest absolute Gasteiger partial charge is 0.355 e. The van der Waals surface area contributed by atoms with Crippen LogP contribution in [0.1, 0.15) is 40.0 Å². The van der Waals surface area contributed by atoms with Crippen molar-refractivity contribution in [3.05, 3.63) is 0 Å². The highest BCUT2D eigenvalue weighted by Gasteiger charge is 2.49. The van der Waals surface area contributed by atoms with E-state index in [9.17, 15) is 4.79 Å². The van der Waals surface area contributed by atoms with E-state index in [4.69, 9.17) is 0 Å². The second-order valence-corrected chi connectivity index (χ2v) is 5.74. The van der Waals surface area contributed by atoms with Crippen LogP contribution < -0.4 is 5.32 Å². The van der Waals surface area contributed by atoms with Crippen LogP contribution in [-0.2, 0) is 4.79 Å². The molecule has 1 amide bonds. The predicted octanol–water partition coefficient (Wildman–Crippen LogP) is 1.95. The average molecular weight is 181 g/mol. The molecule has 1 saturated heterocycles. The number of carbonyl (C=O) groups excluding carboxylic acids is 1. The molecule has 1 aliphatic carbocycles. The lowest BCUT2D eigenvalue weighted by atomic mass is 9.58. The number of rotatable bonds is 0. The zero-order valence-electron chi connectivity index (χ0n) is 8.81. The highest BCUT2D eigenvalue weighted by molar-refractivity contribution is 5.83. The molecule has 3 atom stereocenters. The Kier molecular flexibility index (Phi) is 1.73. The van der Waals surface area contributed by atoms with Gasteiger partial charge in [0, 0.05) is 12.0 Å². The third kappa shape index (κ3) is 1.36. The fourth-order valence-electron chi connectivity index (χ4n) is 3.58. The van der Waals surface area contributed by atoms with Crippen molar-refractivity contribution >= 4 is 5.91 Å². The van der Waals surface area contributed by atoms with Crippen molar-refractivity contribution in [2.75, 3.05) is 6.54 Å². The number of hydrogen-bond acceptors (Lipinski definition) is 1. The first-order chi connectivity index (χ1) is 5.94. The minimum atomic E-state index is -0.0787. The number of nitrogens with one attached hydrogen (secondary N) is 1. The normalized spacial score (nSPS) is 50.1. The van der Waals surface area contributed by atoms with E-state index in [0.717, 1.165) is 19.4 Å². The molecule has 2 rings (SSSR count). The van der Waals surface area contributed by atoms with Crippen LogP contribution in [0.15, 0.2) is 0 Å². The van der Waals surface area contributed by atoms with E-state index in [1.807, 2.05) is 0 Å². The molecular weight excluding hydrogens is 162 g/mol. The first kappa shape index (κ1) is 9.04. The number of amides is 1. The lowest BCUT2D eigenvalue weighted by Crippen LogP contribution is -2.56. The summed E-state index contributed by atoms with van der Waals surface area (Å²) in [5.41, 5.74) is 0.283. The lowest BCUT2D eigenvalue weighted by Gasteiger charge is -2.50. The van der Waals surface area contributed by atoms with Crippen molar-refractivity contribution in [2.24, 2.45) is 16.7 Å². The molecule has 1 saturated carbocycles. The molecule has 2 fully saturated rings. The molecule has 2 heteroatoms. The number of piperidine rings is 1. The summed E-state index contributed by atoms with van der Waals surface area (Å²) >= 11 is 0. The van der Waals surface area contributed by atoms with Gasteiger partial charge in [-0.15, -0.1) is 0 Å². The van der Waals surface area contributed by atoms with Gasteiger partial charge < -0.3 is 5.32 Å². The smallest absolute Gasteiger partial charge is 0.225 e. The first-order valence-electron chi connectivity index (χ1n) is 5.22. The second-order valence-electron chi connectivity index (χ2n) is 5.74. The molecule has 0 aromatic heterocycles. The third-order valence-corrected chi connectivity index (χ3v) is 3.68. The fourth-order valence-corrected chi connectivity index (χ4v) is 3.58. The van der Waals surface area contributed by atoms with Crippen LogP contribution in [0.5, 0.6) is 0 Å². The second kappa shape index (κ2) is 2.49. The molecule has 0 aromatic rings. The third-order valence-electron chi connectivity index (χ3n) is 3.68. The van der Waals surface area contributed by atoms with Gasteiger partial charge in [0.1, 0.15) is 0 Å². The van der Waals surface area contributed by atoms with Gasteiger partial charge in [0.15, 0.2) is 0 Å². The van der Waals surface area contributed by atoms with Gasteiger partial charge in [-0.1, -0.05) is 20.8 Å². The molecule has 2 aliphatic rings. The Labute approximate surface area is 80.1 Å². The van der Waals surface area contributed by atoms with Gasteiger partial charge in [0.25, 0.3) is 0 Å². The minimum Gasteiger partial charge on any atom is -0.355 e. The average Bonchev–Trinajstić information content (AvgIpc) is 1.95. The van der Waals surface area contributed by atoms with Gasteiger partial charge in [-0.25, -0.2) is 0 Å². The molecule has 1 heterocycles. The molecule has 0 aromatic carbocycles. The molecule has 74 valence electrons. The zero-order valence-corrected chi connectivity index (χ0v) is 8.81. The van der Waals surface area contributed by atoms with E-state index in [1.54, 1.807) is 0 Å². The maximum absolute atomic E-state index is 11.7. The molecule has 2 nitrogen and oxygen atoms in total. The van der Waals surface area contributed by atoms with Crippen molar-refractivity contribution in [2.45, 2.75) is 40.0 Å². The number of fused-ring (bicyclic) bond motifs is 2. The van der Waals surface area contributed by atoms with E-state index in [1.165, 1.54) is 6.42 Å². The SMILES string of the molecule is CC1CC2(C)CNC(=O)C(C)(C1)C2. The Bertz CT molecular complexity index is 250. The Morgan fingerprint density at radius 1 is 1.38 bits per heavy atom. The van der Waals surface area contributed by atoms with Crippen molar-refractivity contribution in [1.29, 1.82) is 0 Å². The van der Waals surface area contributed by atoms with Crippen LogP contribution in [0.3, 0.4) is 0 Å². The summed E-state index contributed by atoms with van der Waals surface area (Å²) in [6.07, 6.45) is 3.41. The van der Waals surface area contributed by atoms with Gasteiger partial charge in [0.2, 0.25) is 5.91 Å². The van der Waals surface area contributed by atoms with Crippen molar-refractivity contribution < 1.29 is 4.79 Å². The Morgan fingerprint density at radius 2 is 2.08 bits per heavy atom. The summed E-state index contributed by atoms with van der Waals surface area (Å²) in [4.78, 5) is 11.7. The molecule has 2 bridgehead atoms. The van der Waals surface area contributed by atoms with Crippen LogP contribution in [0.2, 0.25) is 0 Å². The first-order valence-corrected chi connectivity index (χ1v) is 5.22. The Morgan fingerprint density at radius 3 is 2.77 bits per heavy atom. The minimum absolute atomic E-state index is 0.0787. The molecule has 1 aliphatic heterocycles. The van der Waals surface area contributed by atoms with Crippen LogP contribution in [0.4, 0.5) is 0 Å². The predicted molar refractivity (Wildman–Crippen MR) is 52.2 cm³/mol. The van der Waals surface area contributed by atoms with E-state index in [-0.39, 0.29) is 11.3 Å². The van der Waals surface area contributed by atoms with Crippen molar-refractivity contribution in [3.63, 3.8) is 0 Å². The summed E-state index contributed by atoms with van der Waals surface area (Å²) in [6, 6.07) is 0. The van der Waals surface area contributed by atoms with Crippen LogP contribution in [0, 0.1) is 16.7 Å². The molecular formula is C11H19NO. The quantitative estimate of drug-likeness (QED) is 0.608. The zero-order chi connectivity index (χ0) is 9.69. The maximum Gasteiger partial charge on any atom is 0.225 e. The summed E-state index contributed by atoms with van der Waals surface area (Å²) in [5.74, 6) is 0.978. The van der Waals surface area contributed by atoms with E-state index >= 15 is 0 Å². The van der Waals surface area contributed by atoms with Gasteiger partial charge in [-0.3, -0.25) is 4.79 Å². The monoisotopic (exact) mass is 181 g/mol. The van der Waals surface area contributed by atoms with E-state index < -0.39 is 0 Å². The van der Waals surface area contributed by atoms with Crippen LogP contribution >= 0.6 is 0 Å². The summed E-state index contributed by atoms with van der Waals surface area (Å²) in [7, 11) is 0. The molecule has 3 unspecified atom stereocenters. The van der Waals surface area contributed by atoms with Crippen molar-refractivity contribution in [1.82, 2.24) is 5.32 Å². The van der Waals surface area contributed by atoms with Gasteiger partial charge >= 0.3 is 0 Å². The molecule has 1 N–H and O–H groups in total. The Hall–Kier alpha value is -0.530. The van der Waals surface area contributed by atoms with Gasteiger partial charge in [-0.2, -0.15) is 0 Å². The summed E-state index contributed by atoms with van der Waals surface area (Å²) in [5, 5.41) is 3.05. The molecule has 0 spiro atoms. The van der Waals surface area contributed by atoms with E-state index in [2.05, 4.69) is 26.1 Å². The van der Waals surface area contributed by atoms with Gasteiger partial charge in [-0.05, 0) is 30.6 Å². The standard InChI is InChI=1S/C11H19NO/c1-8-4-10(2)6-11(3,5-8)9(13)12-7-10/h8H,4-7H2,1-3H3,(H,12,13). The highest BCUT2D eigenvalue weighted by atomic mass is 16.2. The van der Waals surface area contributed by atoms with Crippen LogP contribution in [0.25, 0.3) is 0 Å². The molecule has 13 heavy (non-hydrogen) atoms. The summed E-state index contributed by atoms with van der Waals surface area (Å²) in [6.45, 7) is 7.58. The highest BCUT2D eigenvalue weighted by Crippen LogP contribution is 2.50. The number of carbonyl (C=O) groups is 1. The van der Waals surface area contributed by atoms with E-state index in [0.29, 0.717) is 11.3 Å². The number of hydrogen-bond donors (Lipinski definition) is 1. The van der Waals surface area contributed by atoms with Crippen molar-refractivity contribution in [3.8, 4) is 0 Å². The maximum atomic E-state index is 11.7.